The highest BCUT2D eigenvalue weighted by Crippen LogP contribution is 2.20. The molecule has 3 aromatic rings. The summed E-state index contributed by atoms with van der Waals surface area (Å²) in [4.78, 5) is 17.9. The molecule has 0 aliphatic carbocycles. The minimum Gasteiger partial charge on any atom is -0.279 e. The van der Waals surface area contributed by atoms with Crippen LogP contribution in [0.3, 0.4) is 0 Å². The number of hydrogen-bond donors (Lipinski definition) is 1. The lowest BCUT2D eigenvalue weighted by molar-refractivity contribution is 0.598. The quantitative estimate of drug-likeness (QED) is 0.773. The second-order valence-electron chi connectivity index (χ2n) is 5.49. The summed E-state index contributed by atoms with van der Waals surface area (Å²) in [5.74, 6) is 0. The number of rotatable bonds is 4. The van der Waals surface area contributed by atoms with E-state index in [0.717, 1.165) is 16.9 Å². The number of nitrogens with one attached hydrogen (secondary N) is 1. The third kappa shape index (κ3) is 2.94. The fourth-order valence-corrected chi connectivity index (χ4v) is 4.67. The van der Waals surface area contributed by atoms with Crippen molar-refractivity contribution in [3.63, 3.8) is 0 Å². The van der Waals surface area contributed by atoms with Crippen molar-refractivity contribution in [3.05, 3.63) is 57.0 Å². The number of nitrogens with zero attached hydrogens (tertiary/aromatic N) is 2. The van der Waals surface area contributed by atoms with Gasteiger partial charge in [0.05, 0.1) is 5.69 Å². The monoisotopic (exact) mass is 363 g/mol. The maximum Gasteiger partial charge on any atom is 0.279 e. The van der Waals surface area contributed by atoms with Gasteiger partial charge in [-0.15, -0.1) is 11.3 Å². The molecule has 0 radical (unpaired) electrons. The number of aryl methyl sites for hydroxylation is 3. The first-order chi connectivity index (χ1) is 11.3. The fourth-order valence-electron chi connectivity index (χ4n) is 2.51. The van der Waals surface area contributed by atoms with E-state index in [-0.39, 0.29) is 10.6 Å². The van der Waals surface area contributed by atoms with Gasteiger partial charge in [-0.3, -0.25) is 13.9 Å². The SMILES string of the molecule is CCc1cccc(NS(=O)(=O)c2c(C)nc3sc(C)cn3c2=O)c1. The third-order valence-corrected chi connectivity index (χ3v) is 6.04. The summed E-state index contributed by atoms with van der Waals surface area (Å²) in [5, 5.41) is 0. The van der Waals surface area contributed by atoms with Gasteiger partial charge in [-0.2, -0.15) is 0 Å². The zero-order valence-electron chi connectivity index (χ0n) is 13.5. The minimum atomic E-state index is -4.02. The average Bonchev–Trinajstić information content (AvgIpc) is 2.87. The van der Waals surface area contributed by atoms with Crippen LogP contribution in [0, 0.1) is 13.8 Å². The van der Waals surface area contributed by atoms with Crippen LogP contribution in [0.25, 0.3) is 4.96 Å². The Hall–Kier alpha value is -2.19. The summed E-state index contributed by atoms with van der Waals surface area (Å²) in [5.41, 5.74) is 1.05. The van der Waals surface area contributed by atoms with E-state index in [0.29, 0.717) is 10.6 Å². The Bertz CT molecular complexity index is 1080. The minimum absolute atomic E-state index is 0.195. The molecule has 0 amide bonds. The van der Waals surface area contributed by atoms with Crippen LogP contribution in [0.1, 0.15) is 23.1 Å². The molecule has 6 nitrogen and oxygen atoms in total. The van der Waals surface area contributed by atoms with E-state index in [1.807, 2.05) is 19.9 Å². The van der Waals surface area contributed by atoms with Gasteiger partial charge in [0.2, 0.25) is 0 Å². The summed E-state index contributed by atoms with van der Waals surface area (Å²) in [6, 6.07) is 7.11. The van der Waals surface area contributed by atoms with Crippen LogP contribution in [-0.4, -0.2) is 17.8 Å². The van der Waals surface area contributed by atoms with E-state index < -0.39 is 15.6 Å². The number of sulfonamides is 1. The second-order valence-corrected chi connectivity index (χ2v) is 8.32. The van der Waals surface area contributed by atoms with E-state index in [1.54, 1.807) is 24.4 Å². The maximum absolute atomic E-state index is 12.7. The van der Waals surface area contributed by atoms with Crippen LogP contribution in [0.15, 0.2) is 40.2 Å². The molecule has 24 heavy (non-hydrogen) atoms. The van der Waals surface area contributed by atoms with Crippen molar-refractivity contribution in [1.29, 1.82) is 0 Å². The summed E-state index contributed by atoms with van der Waals surface area (Å²) in [7, 11) is -4.02. The van der Waals surface area contributed by atoms with Gasteiger partial charge in [0.15, 0.2) is 9.86 Å². The van der Waals surface area contributed by atoms with Crippen LogP contribution in [0.4, 0.5) is 5.69 Å². The lowest BCUT2D eigenvalue weighted by Crippen LogP contribution is -2.27. The molecule has 0 atom stereocenters. The number of anilines is 1. The van der Waals surface area contributed by atoms with Crippen LogP contribution >= 0.6 is 11.3 Å². The molecule has 0 saturated carbocycles. The molecule has 1 N–H and O–H groups in total. The Morgan fingerprint density at radius 3 is 2.75 bits per heavy atom. The van der Waals surface area contributed by atoms with Crippen molar-refractivity contribution in [2.75, 3.05) is 4.72 Å². The molecule has 0 spiro atoms. The number of hydrogen-bond acceptors (Lipinski definition) is 5. The zero-order chi connectivity index (χ0) is 17.5. The molecule has 8 heteroatoms. The van der Waals surface area contributed by atoms with Crippen LogP contribution in [-0.2, 0) is 16.4 Å². The van der Waals surface area contributed by atoms with Crippen molar-refractivity contribution in [3.8, 4) is 0 Å². The first kappa shape index (κ1) is 16.7. The smallest absolute Gasteiger partial charge is 0.279 e. The van der Waals surface area contributed by atoms with Gasteiger partial charge in [0.1, 0.15) is 0 Å². The van der Waals surface area contributed by atoms with Crippen molar-refractivity contribution in [1.82, 2.24) is 9.38 Å². The lowest BCUT2D eigenvalue weighted by atomic mass is 10.1. The second kappa shape index (κ2) is 6.03. The van der Waals surface area contributed by atoms with E-state index in [4.69, 9.17) is 0 Å². The van der Waals surface area contributed by atoms with Gasteiger partial charge in [-0.1, -0.05) is 19.1 Å². The fraction of sp³-hybridized carbons (Fsp3) is 0.250. The molecule has 2 aromatic heterocycles. The first-order valence-electron chi connectivity index (χ1n) is 7.43. The van der Waals surface area contributed by atoms with Crippen LogP contribution in [0.2, 0.25) is 0 Å². The Morgan fingerprint density at radius 2 is 2.04 bits per heavy atom. The normalized spacial score (nSPS) is 11.8. The summed E-state index contributed by atoms with van der Waals surface area (Å²) >= 11 is 1.35. The number of thiazole rings is 1. The highest BCUT2D eigenvalue weighted by molar-refractivity contribution is 7.92. The molecule has 2 heterocycles. The van der Waals surface area contributed by atoms with E-state index in [1.165, 1.54) is 22.7 Å². The molecule has 0 saturated heterocycles. The van der Waals surface area contributed by atoms with Crippen molar-refractivity contribution >= 4 is 32.0 Å². The molecular formula is C16H17N3O3S2. The van der Waals surface area contributed by atoms with E-state index in [9.17, 15) is 13.2 Å². The maximum atomic E-state index is 12.7. The molecule has 3 rings (SSSR count). The molecule has 0 bridgehead atoms. The predicted molar refractivity (Wildman–Crippen MR) is 95.4 cm³/mol. The van der Waals surface area contributed by atoms with Crippen LogP contribution in [0.5, 0.6) is 0 Å². The molecule has 126 valence electrons. The van der Waals surface area contributed by atoms with Crippen molar-refractivity contribution in [2.24, 2.45) is 0 Å². The number of aromatic nitrogens is 2. The number of fused-ring (bicyclic) bond motifs is 1. The summed E-state index contributed by atoms with van der Waals surface area (Å²) in [6.07, 6.45) is 2.39. The summed E-state index contributed by atoms with van der Waals surface area (Å²) in [6.45, 7) is 5.37. The zero-order valence-corrected chi connectivity index (χ0v) is 15.2. The molecular weight excluding hydrogens is 346 g/mol. The average molecular weight is 363 g/mol. The third-order valence-electron chi connectivity index (χ3n) is 3.63. The first-order valence-corrected chi connectivity index (χ1v) is 9.73. The Balaban J connectivity index is 2.12. The molecule has 0 unspecified atom stereocenters. The lowest BCUT2D eigenvalue weighted by Gasteiger charge is -2.10. The van der Waals surface area contributed by atoms with Crippen LogP contribution < -0.4 is 10.3 Å². The molecule has 1 aromatic carbocycles. The molecule has 0 aliphatic heterocycles. The van der Waals surface area contributed by atoms with Gasteiger partial charge < -0.3 is 0 Å². The topological polar surface area (TPSA) is 80.5 Å². The standard InChI is InChI=1S/C16H17N3O3S2/c1-4-12-6-5-7-13(8-12)18-24(21,22)14-11(3)17-16-19(15(14)20)9-10(2)23-16/h5-9,18H,4H2,1-3H3. The highest BCUT2D eigenvalue weighted by atomic mass is 32.2. The Labute approximate surface area is 143 Å². The Morgan fingerprint density at radius 1 is 1.29 bits per heavy atom. The van der Waals surface area contributed by atoms with Gasteiger partial charge in [-0.25, -0.2) is 13.4 Å². The predicted octanol–water partition coefficient (Wildman–Crippen LogP) is 2.74. The Kier molecular flexibility index (Phi) is 4.18. The highest BCUT2D eigenvalue weighted by Gasteiger charge is 2.24. The van der Waals surface area contributed by atoms with Gasteiger partial charge in [0.25, 0.3) is 15.6 Å². The molecule has 0 fully saturated rings. The van der Waals surface area contributed by atoms with Gasteiger partial charge >= 0.3 is 0 Å². The van der Waals surface area contributed by atoms with Crippen molar-refractivity contribution < 1.29 is 8.42 Å². The van der Waals surface area contributed by atoms with E-state index in [2.05, 4.69) is 9.71 Å². The van der Waals surface area contributed by atoms with Crippen molar-refractivity contribution in [2.45, 2.75) is 32.1 Å². The van der Waals surface area contributed by atoms with Gasteiger partial charge in [-0.05, 0) is 38.0 Å². The largest absolute Gasteiger partial charge is 0.279 e. The number of benzene rings is 1. The summed E-state index contributed by atoms with van der Waals surface area (Å²) < 4.78 is 29.2. The van der Waals surface area contributed by atoms with Gasteiger partial charge in [0, 0.05) is 16.8 Å². The van der Waals surface area contributed by atoms with E-state index >= 15 is 0 Å². The molecule has 0 aliphatic rings.